The van der Waals surface area contributed by atoms with E-state index < -0.39 is 0 Å². The van der Waals surface area contributed by atoms with E-state index >= 15 is 0 Å². The zero-order valence-corrected chi connectivity index (χ0v) is 14.1. The molecule has 1 N–H and O–H groups in total. The number of amides is 3. The Morgan fingerprint density at radius 3 is 2.68 bits per heavy atom. The topological polar surface area (TPSA) is 66.5 Å². The first-order chi connectivity index (χ1) is 10.6. The molecule has 118 valence electrons. The van der Waals surface area contributed by atoms with Gasteiger partial charge in [-0.05, 0) is 25.0 Å². The van der Waals surface area contributed by atoms with Gasteiger partial charge in [-0.1, -0.05) is 36.2 Å². The van der Waals surface area contributed by atoms with E-state index in [4.69, 9.17) is 11.6 Å². The number of carbonyl (C=O) groups is 3. The van der Waals surface area contributed by atoms with Gasteiger partial charge in [-0.25, -0.2) is 0 Å². The molecule has 5 nitrogen and oxygen atoms in total. The average molecular weight is 359 g/mol. The average Bonchev–Trinajstić information content (AvgIpc) is 3.06. The summed E-state index contributed by atoms with van der Waals surface area (Å²) in [6, 6.07) is 2.95. The summed E-state index contributed by atoms with van der Waals surface area (Å²) in [4.78, 5) is 38.1. The quantitative estimate of drug-likeness (QED) is 0.901. The van der Waals surface area contributed by atoms with Crippen molar-refractivity contribution in [2.75, 3.05) is 5.75 Å². The van der Waals surface area contributed by atoms with Crippen LogP contribution in [0.25, 0.3) is 0 Å². The minimum atomic E-state index is -0.233. The van der Waals surface area contributed by atoms with Crippen molar-refractivity contribution in [3.63, 3.8) is 0 Å². The lowest BCUT2D eigenvalue weighted by Gasteiger charge is -2.36. The van der Waals surface area contributed by atoms with Crippen LogP contribution >= 0.6 is 34.7 Å². The van der Waals surface area contributed by atoms with Gasteiger partial charge in [-0.3, -0.25) is 19.3 Å². The molecule has 1 aliphatic carbocycles. The van der Waals surface area contributed by atoms with Crippen molar-refractivity contribution in [2.45, 2.75) is 37.8 Å². The highest BCUT2D eigenvalue weighted by Crippen LogP contribution is 2.30. The van der Waals surface area contributed by atoms with Crippen LogP contribution in [0.1, 0.15) is 35.4 Å². The van der Waals surface area contributed by atoms with Crippen molar-refractivity contribution < 1.29 is 14.4 Å². The maximum absolute atomic E-state index is 12.3. The number of carbonyl (C=O) groups excluding carboxylic acids is 3. The van der Waals surface area contributed by atoms with Crippen molar-refractivity contribution in [3.05, 3.63) is 21.3 Å². The Hall–Kier alpha value is -1.05. The molecule has 1 aromatic rings. The van der Waals surface area contributed by atoms with Crippen LogP contribution in [0, 0.1) is 0 Å². The van der Waals surface area contributed by atoms with E-state index in [0.717, 1.165) is 37.4 Å². The molecule has 0 radical (unpaired) electrons. The number of nitrogens with zero attached hydrogens (tertiary/aromatic N) is 1. The lowest BCUT2D eigenvalue weighted by Crippen LogP contribution is -2.54. The smallest absolute Gasteiger partial charge is 0.289 e. The number of thiophene rings is 1. The summed E-state index contributed by atoms with van der Waals surface area (Å²) in [5.41, 5.74) is 0. The van der Waals surface area contributed by atoms with Gasteiger partial charge in [0.05, 0.1) is 27.1 Å². The lowest BCUT2D eigenvalue weighted by molar-refractivity contribution is -0.127. The van der Waals surface area contributed by atoms with Gasteiger partial charge in [-0.2, -0.15) is 0 Å². The molecule has 2 aliphatic rings. The van der Waals surface area contributed by atoms with Gasteiger partial charge < -0.3 is 5.32 Å². The van der Waals surface area contributed by atoms with Gasteiger partial charge in [0, 0.05) is 0 Å². The molecule has 2 fully saturated rings. The van der Waals surface area contributed by atoms with Crippen LogP contribution in [0.4, 0.5) is 4.79 Å². The molecule has 8 heteroatoms. The number of halogens is 1. The van der Waals surface area contributed by atoms with Crippen molar-refractivity contribution in [1.29, 1.82) is 0 Å². The monoisotopic (exact) mass is 358 g/mol. The van der Waals surface area contributed by atoms with E-state index in [2.05, 4.69) is 5.32 Å². The van der Waals surface area contributed by atoms with Gasteiger partial charge in [0.2, 0.25) is 5.91 Å². The molecule has 3 amide bonds. The van der Waals surface area contributed by atoms with E-state index in [1.54, 1.807) is 12.1 Å². The van der Waals surface area contributed by atoms with Crippen LogP contribution in [0.5, 0.6) is 0 Å². The highest BCUT2D eigenvalue weighted by atomic mass is 35.5. The first kappa shape index (κ1) is 15.8. The second-order valence-corrected chi connectivity index (χ2v) is 8.00. The molecular weight excluding hydrogens is 344 g/mol. The molecule has 1 saturated heterocycles. The number of hydrogen-bond acceptors (Lipinski definition) is 5. The Morgan fingerprint density at radius 2 is 2.05 bits per heavy atom. The third kappa shape index (κ3) is 3.16. The molecule has 22 heavy (non-hydrogen) atoms. The molecule has 1 aromatic heterocycles. The number of hydrogen-bond donors (Lipinski definition) is 1. The molecule has 2 atom stereocenters. The van der Waals surface area contributed by atoms with E-state index in [-0.39, 0.29) is 34.9 Å². The summed E-state index contributed by atoms with van der Waals surface area (Å²) in [7, 11) is 0. The summed E-state index contributed by atoms with van der Waals surface area (Å²) >= 11 is 8.11. The summed E-state index contributed by atoms with van der Waals surface area (Å²) in [5, 5.41) is 2.78. The molecule has 3 rings (SSSR count). The summed E-state index contributed by atoms with van der Waals surface area (Å²) in [6.07, 6.45) is 3.46. The Labute approximate surface area is 141 Å². The minimum absolute atomic E-state index is 0.152. The van der Waals surface area contributed by atoms with Crippen LogP contribution in [-0.4, -0.2) is 39.8 Å². The Kier molecular flexibility index (Phi) is 4.75. The molecule has 2 heterocycles. The zero-order valence-electron chi connectivity index (χ0n) is 11.7. The number of rotatable bonds is 3. The Balaban J connectivity index is 1.74. The maximum atomic E-state index is 12.3. The summed E-state index contributed by atoms with van der Waals surface area (Å²) < 4.78 is 0.562. The lowest BCUT2D eigenvalue weighted by atomic mass is 9.89. The zero-order chi connectivity index (χ0) is 15.7. The minimum Gasteiger partial charge on any atom is -0.347 e. The second-order valence-electron chi connectivity index (χ2n) is 5.35. The molecule has 0 spiro atoms. The number of thioether (sulfide) groups is 1. The second kappa shape index (κ2) is 6.60. The summed E-state index contributed by atoms with van der Waals surface area (Å²) in [5.74, 6) is -0.142. The van der Waals surface area contributed by atoms with E-state index in [0.29, 0.717) is 9.21 Å². The third-order valence-electron chi connectivity index (χ3n) is 3.96. The van der Waals surface area contributed by atoms with Crippen LogP contribution < -0.4 is 5.32 Å². The molecule has 0 aromatic carbocycles. The summed E-state index contributed by atoms with van der Waals surface area (Å²) in [6.45, 7) is 0. The van der Waals surface area contributed by atoms with Crippen molar-refractivity contribution in [2.24, 2.45) is 0 Å². The predicted molar refractivity (Wildman–Crippen MR) is 87.5 cm³/mol. The predicted octanol–water partition coefficient (Wildman–Crippen LogP) is 3.14. The molecule has 2 unspecified atom stereocenters. The van der Waals surface area contributed by atoms with Crippen LogP contribution in [0.3, 0.4) is 0 Å². The van der Waals surface area contributed by atoms with Crippen molar-refractivity contribution in [1.82, 2.24) is 10.2 Å². The van der Waals surface area contributed by atoms with E-state index in [9.17, 15) is 14.4 Å². The van der Waals surface area contributed by atoms with Crippen LogP contribution in [0.2, 0.25) is 4.34 Å². The first-order valence-corrected chi connectivity index (χ1v) is 9.29. The third-order valence-corrected chi connectivity index (χ3v) is 6.02. The van der Waals surface area contributed by atoms with Gasteiger partial charge >= 0.3 is 0 Å². The van der Waals surface area contributed by atoms with Crippen LogP contribution in [0.15, 0.2) is 12.1 Å². The Bertz CT molecular complexity index is 603. The first-order valence-electron chi connectivity index (χ1n) is 7.11. The maximum Gasteiger partial charge on any atom is 0.289 e. The molecule has 1 aliphatic heterocycles. The van der Waals surface area contributed by atoms with E-state index in [1.165, 1.54) is 16.2 Å². The fraction of sp³-hybridized carbons (Fsp3) is 0.500. The Morgan fingerprint density at radius 1 is 1.27 bits per heavy atom. The normalized spacial score (nSPS) is 25.6. The molecular formula is C14H15ClN2O3S2. The largest absolute Gasteiger partial charge is 0.347 e. The van der Waals surface area contributed by atoms with Crippen LogP contribution in [-0.2, 0) is 4.79 Å². The molecule has 0 bridgehead atoms. The standard InChI is InChI=1S/C14H15ClN2O3S2/c15-11-6-5-10(22-11)13(19)16-8-3-1-2-4-9(8)17-12(18)7-21-14(17)20/h5-6,8-9H,1-4,7H2,(H,16,19). The fourth-order valence-corrected chi connectivity index (χ4v) is 4.66. The van der Waals surface area contributed by atoms with E-state index in [1.807, 2.05) is 0 Å². The number of imide groups is 1. The van der Waals surface area contributed by atoms with Gasteiger partial charge in [-0.15, -0.1) is 11.3 Å². The SMILES string of the molecule is O=C(NC1CCCCC1N1C(=O)CSC1=O)c1ccc(Cl)s1. The van der Waals surface area contributed by atoms with Gasteiger partial charge in [0.15, 0.2) is 0 Å². The van der Waals surface area contributed by atoms with Crippen molar-refractivity contribution >= 4 is 51.8 Å². The highest BCUT2D eigenvalue weighted by molar-refractivity contribution is 8.14. The van der Waals surface area contributed by atoms with Crippen molar-refractivity contribution in [3.8, 4) is 0 Å². The molecule has 1 saturated carbocycles. The van der Waals surface area contributed by atoms with Gasteiger partial charge in [0.1, 0.15) is 0 Å². The number of nitrogens with one attached hydrogen (secondary N) is 1. The van der Waals surface area contributed by atoms with Gasteiger partial charge in [0.25, 0.3) is 11.1 Å². The fourth-order valence-electron chi connectivity index (χ4n) is 2.95. The highest BCUT2D eigenvalue weighted by Gasteiger charge is 2.41.